The zero-order valence-electron chi connectivity index (χ0n) is 6.80. The molecule has 1 N–H and O–H groups in total. The van der Waals surface area contributed by atoms with Gasteiger partial charge in [0.25, 0.3) is 0 Å². The van der Waals surface area contributed by atoms with Gasteiger partial charge in [0.2, 0.25) is 10.0 Å². The Labute approximate surface area is 62.7 Å². The molecular formula is C6H14NO2S. The third-order valence-electron chi connectivity index (χ3n) is 2.08. The Kier molecular flexibility index (Phi) is 2.49. The number of hydrogen-bond donors (Lipinski definition) is 0. The summed E-state index contributed by atoms with van der Waals surface area (Å²) in [5, 5.41) is 6.84. The molecule has 0 aliphatic heterocycles. The first-order chi connectivity index (χ1) is 4.19. The summed E-state index contributed by atoms with van der Waals surface area (Å²) in [5.41, 5.74) is 0. The maximum Gasteiger partial charge on any atom is 0.230 e. The predicted molar refractivity (Wildman–Crippen MR) is 40.9 cm³/mol. The average molecular weight is 164 g/mol. The van der Waals surface area contributed by atoms with Crippen LogP contribution in [0.2, 0.25) is 0 Å². The van der Waals surface area contributed by atoms with Gasteiger partial charge < -0.3 is 0 Å². The average Bonchev–Trinajstić information content (AvgIpc) is 1.62. The number of sulfonamides is 1. The largest absolute Gasteiger partial charge is 0.230 e. The zero-order valence-corrected chi connectivity index (χ0v) is 7.62. The molecule has 0 aromatic carbocycles. The molecular weight excluding hydrogens is 150 g/mol. The van der Waals surface area contributed by atoms with Crippen LogP contribution in [-0.2, 0) is 10.0 Å². The van der Waals surface area contributed by atoms with Gasteiger partial charge in [0.1, 0.15) is 0 Å². The van der Waals surface area contributed by atoms with Crippen molar-refractivity contribution in [1.29, 1.82) is 0 Å². The smallest absolute Gasteiger partial charge is 0.211 e. The summed E-state index contributed by atoms with van der Waals surface area (Å²) >= 11 is 0. The lowest BCUT2D eigenvalue weighted by Gasteiger charge is -2.25. The molecule has 0 saturated carbocycles. The van der Waals surface area contributed by atoms with Crippen LogP contribution in [0, 0.1) is 5.92 Å². The molecule has 0 aliphatic rings. The minimum Gasteiger partial charge on any atom is -0.211 e. The van der Waals surface area contributed by atoms with E-state index < -0.39 is 14.8 Å². The van der Waals surface area contributed by atoms with E-state index in [9.17, 15) is 8.42 Å². The van der Waals surface area contributed by atoms with Gasteiger partial charge in [0.15, 0.2) is 0 Å². The van der Waals surface area contributed by atoms with Crippen LogP contribution in [0.3, 0.4) is 0 Å². The molecule has 0 amide bonds. The second-order valence-corrected chi connectivity index (χ2v) is 5.32. The lowest BCUT2D eigenvalue weighted by Crippen LogP contribution is -2.37. The Morgan fingerprint density at radius 2 is 1.60 bits per heavy atom. The fourth-order valence-corrected chi connectivity index (χ4v) is 0.931. The lowest BCUT2D eigenvalue weighted by atomic mass is 10.00. The van der Waals surface area contributed by atoms with Crippen molar-refractivity contribution in [3.8, 4) is 0 Å². The molecule has 1 radical (unpaired) electrons. The maximum absolute atomic E-state index is 10.8. The highest BCUT2D eigenvalue weighted by molar-refractivity contribution is 7.90. The van der Waals surface area contributed by atoms with E-state index in [0.29, 0.717) is 0 Å². The number of nitrogens with one attached hydrogen (secondary N) is 1. The molecule has 0 heterocycles. The van der Waals surface area contributed by atoms with Gasteiger partial charge in [-0.3, -0.25) is 0 Å². The topological polar surface area (TPSA) is 57.9 Å². The SMILES string of the molecule is CC(C)C(C)(C)S([NH])(=O)=O. The van der Waals surface area contributed by atoms with E-state index in [1.165, 1.54) is 0 Å². The van der Waals surface area contributed by atoms with E-state index in [1.807, 2.05) is 0 Å². The molecule has 0 aromatic rings. The summed E-state index contributed by atoms with van der Waals surface area (Å²) in [7, 11) is -3.65. The van der Waals surface area contributed by atoms with Crippen LogP contribution in [-0.4, -0.2) is 13.2 Å². The third-order valence-corrected chi connectivity index (χ3v) is 3.94. The van der Waals surface area contributed by atoms with Crippen LogP contribution in [0.15, 0.2) is 0 Å². The van der Waals surface area contributed by atoms with E-state index in [0.717, 1.165) is 0 Å². The van der Waals surface area contributed by atoms with Crippen molar-refractivity contribution in [2.75, 3.05) is 0 Å². The van der Waals surface area contributed by atoms with Crippen molar-refractivity contribution in [1.82, 2.24) is 5.14 Å². The van der Waals surface area contributed by atoms with E-state index in [2.05, 4.69) is 0 Å². The Hall–Kier alpha value is -0.0900. The van der Waals surface area contributed by atoms with E-state index >= 15 is 0 Å². The van der Waals surface area contributed by atoms with Gasteiger partial charge in [-0.05, 0) is 19.8 Å². The van der Waals surface area contributed by atoms with Crippen LogP contribution >= 0.6 is 0 Å². The Morgan fingerprint density at radius 1 is 1.30 bits per heavy atom. The van der Waals surface area contributed by atoms with Gasteiger partial charge in [0, 0.05) is 0 Å². The van der Waals surface area contributed by atoms with E-state index in [-0.39, 0.29) is 5.92 Å². The fraction of sp³-hybridized carbons (Fsp3) is 1.00. The first-order valence-corrected chi connectivity index (χ1v) is 4.67. The Balaban J connectivity index is 4.76. The molecule has 4 heteroatoms. The van der Waals surface area contributed by atoms with Crippen molar-refractivity contribution < 1.29 is 8.42 Å². The first kappa shape index (κ1) is 9.91. The molecule has 0 spiro atoms. The number of hydrogen-bond acceptors (Lipinski definition) is 2. The first-order valence-electron chi connectivity index (χ1n) is 3.18. The predicted octanol–water partition coefficient (Wildman–Crippen LogP) is 1.03. The highest BCUT2D eigenvalue weighted by Crippen LogP contribution is 2.23. The van der Waals surface area contributed by atoms with Gasteiger partial charge in [-0.2, -0.15) is 0 Å². The molecule has 0 aromatic heterocycles. The molecule has 0 aliphatic carbocycles. The van der Waals surface area contributed by atoms with Crippen LogP contribution in [0.4, 0.5) is 0 Å². The molecule has 0 saturated heterocycles. The molecule has 10 heavy (non-hydrogen) atoms. The summed E-state index contributed by atoms with van der Waals surface area (Å²) < 4.78 is 20.6. The summed E-state index contributed by atoms with van der Waals surface area (Å²) in [6.07, 6.45) is 0. The minimum atomic E-state index is -3.65. The molecule has 3 nitrogen and oxygen atoms in total. The standard InChI is InChI=1S/C6H14NO2S/c1-5(2)6(3,4)10(7,8)9/h5,7H,1-4H3. The fourth-order valence-electron chi connectivity index (χ4n) is 0.310. The van der Waals surface area contributed by atoms with Crippen LogP contribution in [0.5, 0.6) is 0 Å². The van der Waals surface area contributed by atoms with Crippen molar-refractivity contribution in [3.63, 3.8) is 0 Å². The second kappa shape index (κ2) is 2.51. The zero-order chi connectivity index (χ0) is 8.58. The lowest BCUT2D eigenvalue weighted by molar-refractivity contribution is 0.454. The van der Waals surface area contributed by atoms with E-state index in [4.69, 9.17) is 5.14 Å². The second-order valence-electron chi connectivity index (χ2n) is 3.26. The highest BCUT2D eigenvalue weighted by atomic mass is 32.2. The normalized spacial score (nSPS) is 14.2. The van der Waals surface area contributed by atoms with Gasteiger partial charge in [-0.25, -0.2) is 8.42 Å². The monoisotopic (exact) mass is 164 g/mol. The quantitative estimate of drug-likeness (QED) is 0.612. The van der Waals surface area contributed by atoms with E-state index in [1.54, 1.807) is 27.7 Å². The number of rotatable bonds is 2. The molecule has 0 rings (SSSR count). The summed E-state index contributed by atoms with van der Waals surface area (Å²) in [6.45, 7) is 6.73. The van der Waals surface area contributed by atoms with Gasteiger partial charge >= 0.3 is 0 Å². The highest BCUT2D eigenvalue weighted by Gasteiger charge is 2.34. The van der Waals surface area contributed by atoms with Gasteiger partial charge in [-0.15, -0.1) is 5.14 Å². The van der Waals surface area contributed by atoms with Crippen molar-refractivity contribution >= 4 is 10.0 Å². The summed E-state index contributed by atoms with van der Waals surface area (Å²) in [6, 6.07) is 0. The molecule has 0 atom stereocenters. The van der Waals surface area contributed by atoms with Crippen molar-refractivity contribution in [2.24, 2.45) is 5.92 Å². The summed E-state index contributed by atoms with van der Waals surface area (Å²) in [5.74, 6) is -0.0185. The maximum atomic E-state index is 10.8. The van der Waals surface area contributed by atoms with Crippen LogP contribution < -0.4 is 5.14 Å². The molecule has 0 bridgehead atoms. The van der Waals surface area contributed by atoms with Gasteiger partial charge in [0.05, 0.1) is 4.75 Å². The van der Waals surface area contributed by atoms with Crippen molar-refractivity contribution in [2.45, 2.75) is 32.4 Å². The summed E-state index contributed by atoms with van der Waals surface area (Å²) in [4.78, 5) is 0. The molecule has 0 fully saturated rings. The molecule has 0 unspecified atom stereocenters. The molecule has 61 valence electrons. The van der Waals surface area contributed by atoms with Crippen molar-refractivity contribution in [3.05, 3.63) is 0 Å². The Morgan fingerprint density at radius 3 is 1.60 bits per heavy atom. The van der Waals surface area contributed by atoms with Crippen LogP contribution in [0.1, 0.15) is 27.7 Å². The minimum absolute atomic E-state index is 0.0185. The van der Waals surface area contributed by atoms with Gasteiger partial charge in [-0.1, -0.05) is 13.8 Å². The Bertz CT molecular complexity index is 204. The third kappa shape index (κ3) is 1.70. The van der Waals surface area contributed by atoms with Crippen LogP contribution in [0.25, 0.3) is 0 Å².